The molecule has 0 saturated carbocycles. The lowest BCUT2D eigenvalue weighted by Crippen LogP contribution is -2.22. The van der Waals surface area contributed by atoms with Crippen molar-refractivity contribution in [3.8, 4) is 0 Å². The van der Waals surface area contributed by atoms with Crippen LogP contribution in [0.5, 0.6) is 0 Å². The molecule has 0 aromatic carbocycles. The molecular weight excluding hydrogens is 336 g/mol. The van der Waals surface area contributed by atoms with Crippen LogP contribution in [0.4, 0.5) is 0 Å². The van der Waals surface area contributed by atoms with E-state index in [-0.39, 0.29) is 35.2 Å². The van der Waals surface area contributed by atoms with Crippen LogP contribution in [0.2, 0.25) is 0 Å². The first kappa shape index (κ1) is 19.9. The average Bonchev–Trinajstić information content (AvgIpc) is 2.82. The molecule has 1 fully saturated rings. The van der Waals surface area contributed by atoms with Crippen molar-refractivity contribution in [3.05, 3.63) is 23.3 Å². The van der Waals surface area contributed by atoms with Crippen molar-refractivity contribution >= 4 is 21.5 Å². The van der Waals surface area contributed by atoms with Crippen molar-refractivity contribution < 1.29 is 13.2 Å². The smallest absolute Gasteiger partial charge is 0.240 e. The summed E-state index contributed by atoms with van der Waals surface area (Å²) in [7, 11) is -2.94. The molecule has 0 aromatic rings. The van der Waals surface area contributed by atoms with E-state index in [0.29, 0.717) is 6.42 Å². The Hall–Kier alpha value is -1.43. The van der Waals surface area contributed by atoms with Crippen molar-refractivity contribution in [1.82, 2.24) is 5.43 Å². The summed E-state index contributed by atoms with van der Waals surface area (Å²) < 4.78 is 22.9. The monoisotopic (exact) mass is 366 g/mol. The minimum absolute atomic E-state index is 0.0770. The van der Waals surface area contributed by atoms with Gasteiger partial charge in [-0.2, -0.15) is 5.10 Å². The molecule has 1 amide bonds. The molecule has 1 heterocycles. The minimum atomic E-state index is -2.94. The summed E-state index contributed by atoms with van der Waals surface area (Å²) in [5.74, 6) is 0.0151. The number of nitrogens with zero attached hydrogens (tertiary/aromatic N) is 1. The van der Waals surface area contributed by atoms with Crippen molar-refractivity contribution in [1.29, 1.82) is 0 Å². The third-order valence-electron chi connectivity index (χ3n) is 5.19. The topological polar surface area (TPSA) is 75.6 Å². The predicted molar refractivity (Wildman–Crippen MR) is 102 cm³/mol. The molecule has 0 radical (unpaired) electrons. The second-order valence-electron chi connectivity index (χ2n) is 8.03. The zero-order valence-electron chi connectivity index (χ0n) is 15.8. The van der Waals surface area contributed by atoms with E-state index in [1.54, 1.807) is 0 Å². The fourth-order valence-electron chi connectivity index (χ4n) is 3.74. The first-order valence-electron chi connectivity index (χ1n) is 9.01. The molecule has 1 aliphatic heterocycles. The standard InChI is InChI=1S/C19H30N2O3S/c1-14-6-5-10-19(3,4)17(14)8-7-15(2)20-21-18(22)12-16-9-11-25(23,24)13-16/h7-8,16H,5-6,9-13H2,1-4H3,(H,21,22)/b8-7+,20-15+. The minimum Gasteiger partial charge on any atom is -0.273 e. The number of amides is 1. The Balaban J connectivity index is 1.90. The molecule has 1 saturated heterocycles. The van der Waals surface area contributed by atoms with E-state index in [9.17, 15) is 13.2 Å². The van der Waals surface area contributed by atoms with E-state index in [1.165, 1.54) is 24.0 Å². The van der Waals surface area contributed by atoms with Crippen molar-refractivity contribution in [2.45, 2.75) is 59.8 Å². The van der Waals surface area contributed by atoms with E-state index < -0.39 is 9.84 Å². The SMILES string of the molecule is CC1=C(/C=C/C(C)=N/NC(=O)CC2CCS(=O)(=O)C2)C(C)(C)CCC1. The van der Waals surface area contributed by atoms with Gasteiger partial charge in [0.15, 0.2) is 9.84 Å². The molecule has 1 aliphatic carbocycles. The molecule has 0 bridgehead atoms. The highest BCUT2D eigenvalue weighted by atomic mass is 32.2. The molecule has 140 valence electrons. The third kappa shape index (κ3) is 5.80. The van der Waals surface area contributed by atoms with Crippen LogP contribution < -0.4 is 5.43 Å². The number of carbonyl (C=O) groups excluding carboxylic acids is 1. The number of carbonyl (C=O) groups is 1. The normalized spacial score (nSPS) is 26.2. The van der Waals surface area contributed by atoms with Gasteiger partial charge in [-0.15, -0.1) is 0 Å². The molecule has 2 aliphatic rings. The number of rotatable bonds is 5. The lowest BCUT2D eigenvalue weighted by atomic mass is 9.72. The summed E-state index contributed by atoms with van der Waals surface area (Å²) in [5.41, 5.74) is 6.23. The van der Waals surface area contributed by atoms with Crippen molar-refractivity contribution in [3.63, 3.8) is 0 Å². The maximum Gasteiger partial charge on any atom is 0.240 e. The van der Waals surface area contributed by atoms with Gasteiger partial charge >= 0.3 is 0 Å². The Morgan fingerprint density at radius 3 is 2.72 bits per heavy atom. The average molecular weight is 367 g/mol. The van der Waals surface area contributed by atoms with Gasteiger partial charge in [-0.25, -0.2) is 13.8 Å². The number of hydrogen-bond donors (Lipinski definition) is 1. The number of allylic oxidation sites excluding steroid dienone is 4. The molecule has 1 unspecified atom stereocenters. The summed E-state index contributed by atoms with van der Waals surface area (Å²) in [6, 6.07) is 0. The van der Waals surface area contributed by atoms with E-state index in [0.717, 1.165) is 12.1 Å². The molecule has 0 spiro atoms. The van der Waals surface area contributed by atoms with Crippen LogP contribution in [0, 0.1) is 11.3 Å². The second kappa shape index (κ2) is 7.85. The number of hydrogen-bond acceptors (Lipinski definition) is 4. The Bertz CT molecular complexity index is 715. The van der Waals surface area contributed by atoms with E-state index in [2.05, 4.69) is 37.4 Å². The Labute approximate surface area is 151 Å². The van der Waals surface area contributed by atoms with Crippen molar-refractivity contribution in [2.75, 3.05) is 11.5 Å². The molecule has 5 nitrogen and oxygen atoms in total. The molecule has 1 atom stereocenters. The fraction of sp³-hybridized carbons (Fsp3) is 0.684. The van der Waals surface area contributed by atoms with E-state index in [4.69, 9.17) is 0 Å². The predicted octanol–water partition coefficient (Wildman–Crippen LogP) is 3.39. The zero-order valence-corrected chi connectivity index (χ0v) is 16.6. The number of sulfone groups is 1. The van der Waals surface area contributed by atoms with Gasteiger partial charge in [0.05, 0.1) is 17.2 Å². The summed E-state index contributed by atoms with van der Waals surface area (Å²) in [6.07, 6.45) is 8.39. The van der Waals surface area contributed by atoms with Crippen LogP contribution in [0.25, 0.3) is 0 Å². The van der Waals surface area contributed by atoms with Crippen LogP contribution in [-0.2, 0) is 14.6 Å². The Kier molecular flexibility index (Phi) is 6.25. The van der Waals surface area contributed by atoms with Gasteiger partial charge in [-0.3, -0.25) is 4.79 Å². The van der Waals surface area contributed by atoms with Crippen molar-refractivity contribution in [2.24, 2.45) is 16.4 Å². The van der Waals surface area contributed by atoms with Crippen LogP contribution in [-0.4, -0.2) is 31.5 Å². The zero-order chi connectivity index (χ0) is 18.7. The summed E-state index contributed by atoms with van der Waals surface area (Å²) >= 11 is 0. The lowest BCUT2D eigenvalue weighted by Gasteiger charge is -2.32. The molecular formula is C19H30N2O3S. The van der Waals surface area contributed by atoms with Crippen LogP contribution in [0.15, 0.2) is 28.4 Å². The lowest BCUT2D eigenvalue weighted by molar-refractivity contribution is -0.121. The highest BCUT2D eigenvalue weighted by Crippen LogP contribution is 2.40. The van der Waals surface area contributed by atoms with E-state index in [1.807, 2.05) is 13.0 Å². The molecule has 0 aromatic heterocycles. The third-order valence-corrected chi connectivity index (χ3v) is 7.03. The van der Waals surface area contributed by atoms with Gasteiger partial charge in [0.1, 0.15) is 0 Å². The summed E-state index contributed by atoms with van der Waals surface area (Å²) in [4.78, 5) is 11.9. The highest BCUT2D eigenvalue weighted by molar-refractivity contribution is 7.91. The van der Waals surface area contributed by atoms with Gasteiger partial charge in [0.2, 0.25) is 5.91 Å². The molecule has 25 heavy (non-hydrogen) atoms. The first-order chi connectivity index (χ1) is 11.6. The van der Waals surface area contributed by atoms with Gasteiger partial charge in [0.25, 0.3) is 0 Å². The maximum atomic E-state index is 11.9. The van der Waals surface area contributed by atoms with Crippen LogP contribution >= 0.6 is 0 Å². The number of hydrazone groups is 1. The first-order valence-corrected chi connectivity index (χ1v) is 10.8. The highest BCUT2D eigenvalue weighted by Gasteiger charge is 2.29. The second-order valence-corrected chi connectivity index (χ2v) is 10.3. The number of nitrogens with one attached hydrogen (secondary N) is 1. The fourth-order valence-corrected chi connectivity index (χ4v) is 5.60. The largest absolute Gasteiger partial charge is 0.273 e. The summed E-state index contributed by atoms with van der Waals surface area (Å²) in [6.45, 7) is 8.56. The maximum absolute atomic E-state index is 11.9. The quantitative estimate of drug-likeness (QED) is 0.598. The Morgan fingerprint density at radius 1 is 1.40 bits per heavy atom. The van der Waals surface area contributed by atoms with Gasteiger partial charge in [0, 0.05) is 6.42 Å². The molecule has 1 N–H and O–H groups in total. The van der Waals surface area contributed by atoms with Gasteiger partial charge < -0.3 is 0 Å². The van der Waals surface area contributed by atoms with Crippen LogP contribution in [0.1, 0.15) is 59.8 Å². The molecule has 2 rings (SSSR count). The Morgan fingerprint density at radius 2 is 2.12 bits per heavy atom. The van der Waals surface area contributed by atoms with Gasteiger partial charge in [-0.1, -0.05) is 25.5 Å². The van der Waals surface area contributed by atoms with Crippen LogP contribution in [0.3, 0.4) is 0 Å². The van der Waals surface area contributed by atoms with Gasteiger partial charge in [-0.05, 0) is 62.5 Å². The van der Waals surface area contributed by atoms with E-state index >= 15 is 0 Å². The molecule has 6 heteroatoms. The summed E-state index contributed by atoms with van der Waals surface area (Å²) in [5, 5.41) is 4.12.